The van der Waals surface area contributed by atoms with Crippen molar-refractivity contribution in [3.05, 3.63) is 65.2 Å². The molecule has 0 spiro atoms. The van der Waals surface area contributed by atoms with Crippen LogP contribution in [0.4, 0.5) is 0 Å². The highest BCUT2D eigenvalue weighted by molar-refractivity contribution is 5.87. The number of carboxylic acid groups (broad SMARTS) is 1. The Hall–Kier alpha value is -2.29. The molecular formula is C17H18O3. The van der Waals surface area contributed by atoms with Crippen LogP contribution in [-0.2, 0) is 6.61 Å². The molecule has 0 radical (unpaired) electrons. The first-order valence-corrected chi connectivity index (χ1v) is 6.62. The number of rotatable bonds is 5. The van der Waals surface area contributed by atoms with Crippen LogP contribution in [0.2, 0.25) is 0 Å². The Balaban J connectivity index is 2.13. The molecular weight excluding hydrogens is 252 g/mol. The molecule has 3 nitrogen and oxygen atoms in total. The second kappa shape index (κ2) is 6.24. The maximum atomic E-state index is 10.9. The van der Waals surface area contributed by atoms with Crippen LogP contribution in [0, 0.1) is 0 Å². The van der Waals surface area contributed by atoms with Crippen molar-refractivity contribution in [2.75, 3.05) is 0 Å². The Morgan fingerprint density at radius 1 is 1.15 bits per heavy atom. The summed E-state index contributed by atoms with van der Waals surface area (Å²) in [4.78, 5) is 10.9. The lowest BCUT2D eigenvalue weighted by atomic mass is 10.0. The first kappa shape index (κ1) is 14.1. The van der Waals surface area contributed by atoms with Crippen LogP contribution >= 0.6 is 0 Å². The Bertz CT molecular complexity index is 603. The molecule has 20 heavy (non-hydrogen) atoms. The van der Waals surface area contributed by atoms with E-state index in [-0.39, 0.29) is 5.56 Å². The molecule has 0 unspecified atom stereocenters. The summed E-state index contributed by atoms with van der Waals surface area (Å²) < 4.78 is 5.83. The average molecular weight is 270 g/mol. The summed E-state index contributed by atoms with van der Waals surface area (Å²) in [5, 5.41) is 8.97. The lowest BCUT2D eigenvalue weighted by Gasteiger charge is -2.14. The molecule has 2 aromatic rings. The zero-order valence-electron chi connectivity index (χ0n) is 11.7. The van der Waals surface area contributed by atoms with E-state index in [0.29, 0.717) is 12.5 Å². The van der Waals surface area contributed by atoms with Crippen LogP contribution in [0.15, 0.2) is 48.5 Å². The van der Waals surface area contributed by atoms with Gasteiger partial charge < -0.3 is 9.84 Å². The zero-order chi connectivity index (χ0) is 14.5. The summed E-state index contributed by atoms with van der Waals surface area (Å²) in [7, 11) is 0. The van der Waals surface area contributed by atoms with Crippen molar-refractivity contribution in [2.24, 2.45) is 0 Å². The van der Waals surface area contributed by atoms with Crippen molar-refractivity contribution >= 4 is 5.97 Å². The number of hydrogen-bond acceptors (Lipinski definition) is 2. The molecule has 104 valence electrons. The second-order valence-corrected chi connectivity index (χ2v) is 4.99. The van der Waals surface area contributed by atoms with Gasteiger partial charge in [0.1, 0.15) is 12.4 Å². The van der Waals surface area contributed by atoms with Crippen LogP contribution in [0.3, 0.4) is 0 Å². The fourth-order valence-corrected chi connectivity index (χ4v) is 2.04. The molecule has 1 N–H and O–H groups in total. The van der Waals surface area contributed by atoms with E-state index in [2.05, 4.69) is 13.8 Å². The van der Waals surface area contributed by atoms with Gasteiger partial charge in [0.05, 0.1) is 5.56 Å². The molecule has 2 aromatic carbocycles. The minimum atomic E-state index is -0.922. The van der Waals surface area contributed by atoms with Gasteiger partial charge in [0.15, 0.2) is 0 Å². The molecule has 0 aliphatic carbocycles. The number of carboxylic acids is 1. The van der Waals surface area contributed by atoms with E-state index in [1.54, 1.807) is 18.2 Å². The number of aromatic carboxylic acids is 1. The smallest absolute Gasteiger partial charge is 0.335 e. The standard InChI is InChI=1S/C17H18O3/c1-12(2)15-8-3-4-9-16(15)20-11-13-6-5-7-14(10-13)17(18)19/h3-10,12H,11H2,1-2H3,(H,18,19). The van der Waals surface area contributed by atoms with Crippen LogP contribution in [0.25, 0.3) is 0 Å². The minimum Gasteiger partial charge on any atom is -0.489 e. The summed E-state index contributed by atoms with van der Waals surface area (Å²) in [6, 6.07) is 14.7. The predicted molar refractivity (Wildman–Crippen MR) is 78.3 cm³/mol. The summed E-state index contributed by atoms with van der Waals surface area (Å²) >= 11 is 0. The zero-order valence-corrected chi connectivity index (χ0v) is 11.7. The summed E-state index contributed by atoms with van der Waals surface area (Å²) in [5.41, 5.74) is 2.29. The van der Waals surface area contributed by atoms with Crippen LogP contribution in [-0.4, -0.2) is 11.1 Å². The maximum Gasteiger partial charge on any atom is 0.335 e. The van der Waals surface area contributed by atoms with Crippen LogP contribution in [0.5, 0.6) is 5.75 Å². The highest BCUT2D eigenvalue weighted by Crippen LogP contribution is 2.26. The van der Waals surface area contributed by atoms with E-state index in [9.17, 15) is 4.79 Å². The van der Waals surface area contributed by atoms with Gasteiger partial charge in [-0.25, -0.2) is 4.79 Å². The molecule has 0 saturated heterocycles. The number of hydrogen-bond donors (Lipinski definition) is 1. The number of ether oxygens (including phenoxy) is 1. The lowest BCUT2D eigenvalue weighted by Crippen LogP contribution is -2.02. The Kier molecular flexibility index (Phi) is 4.41. The van der Waals surface area contributed by atoms with Gasteiger partial charge in [-0.15, -0.1) is 0 Å². The van der Waals surface area contributed by atoms with E-state index in [4.69, 9.17) is 9.84 Å². The number of carbonyl (C=O) groups is 1. The van der Waals surface area contributed by atoms with E-state index in [1.807, 2.05) is 30.3 Å². The largest absolute Gasteiger partial charge is 0.489 e. The normalized spacial score (nSPS) is 10.6. The summed E-state index contributed by atoms with van der Waals surface area (Å²) in [5.74, 6) is 0.314. The number of benzene rings is 2. The molecule has 0 saturated carbocycles. The van der Waals surface area contributed by atoms with Crippen LogP contribution < -0.4 is 4.74 Å². The fourth-order valence-electron chi connectivity index (χ4n) is 2.04. The topological polar surface area (TPSA) is 46.5 Å². The SMILES string of the molecule is CC(C)c1ccccc1OCc1cccc(C(=O)O)c1. The lowest BCUT2D eigenvalue weighted by molar-refractivity contribution is 0.0696. The summed E-state index contributed by atoms with van der Waals surface area (Å²) in [6.07, 6.45) is 0. The first-order valence-electron chi connectivity index (χ1n) is 6.62. The minimum absolute atomic E-state index is 0.281. The molecule has 0 heterocycles. The van der Waals surface area contributed by atoms with Gasteiger partial charge in [-0.1, -0.05) is 44.2 Å². The highest BCUT2D eigenvalue weighted by Gasteiger charge is 2.08. The van der Waals surface area contributed by atoms with E-state index in [0.717, 1.165) is 16.9 Å². The Labute approximate surface area is 118 Å². The van der Waals surface area contributed by atoms with Gasteiger partial charge in [0.25, 0.3) is 0 Å². The molecule has 0 amide bonds. The van der Waals surface area contributed by atoms with Crippen molar-refractivity contribution in [2.45, 2.75) is 26.4 Å². The van der Waals surface area contributed by atoms with Crippen molar-refractivity contribution in [3.63, 3.8) is 0 Å². The monoisotopic (exact) mass is 270 g/mol. The van der Waals surface area contributed by atoms with Gasteiger partial charge in [0, 0.05) is 0 Å². The molecule has 0 aliphatic heterocycles. The number of para-hydroxylation sites is 1. The maximum absolute atomic E-state index is 10.9. The van der Waals surface area contributed by atoms with Gasteiger partial charge in [0.2, 0.25) is 0 Å². The molecule has 0 bridgehead atoms. The van der Waals surface area contributed by atoms with E-state index in [1.165, 1.54) is 0 Å². The predicted octanol–water partition coefficient (Wildman–Crippen LogP) is 4.09. The van der Waals surface area contributed by atoms with Crippen molar-refractivity contribution in [1.82, 2.24) is 0 Å². The Morgan fingerprint density at radius 3 is 2.60 bits per heavy atom. The highest BCUT2D eigenvalue weighted by atomic mass is 16.5. The van der Waals surface area contributed by atoms with Crippen molar-refractivity contribution in [1.29, 1.82) is 0 Å². The van der Waals surface area contributed by atoms with Crippen molar-refractivity contribution < 1.29 is 14.6 Å². The molecule has 2 rings (SSSR count). The third-order valence-corrected chi connectivity index (χ3v) is 3.11. The molecule has 3 heteroatoms. The first-order chi connectivity index (χ1) is 9.58. The van der Waals surface area contributed by atoms with Crippen molar-refractivity contribution in [3.8, 4) is 5.75 Å². The quantitative estimate of drug-likeness (QED) is 0.890. The van der Waals surface area contributed by atoms with Gasteiger partial charge in [-0.3, -0.25) is 0 Å². The fraction of sp³-hybridized carbons (Fsp3) is 0.235. The molecule has 0 fully saturated rings. The third kappa shape index (κ3) is 3.38. The van der Waals surface area contributed by atoms with Gasteiger partial charge in [-0.2, -0.15) is 0 Å². The second-order valence-electron chi connectivity index (χ2n) is 4.99. The molecule has 0 atom stereocenters. The van der Waals surface area contributed by atoms with Gasteiger partial charge in [-0.05, 0) is 35.2 Å². The molecule has 0 aromatic heterocycles. The third-order valence-electron chi connectivity index (χ3n) is 3.11. The van der Waals surface area contributed by atoms with Gasteiger partial charge >= 0.3 is 5.97 Å². The van der Waals surface area contributed by atoms with Crippen LogP contribution in [0.1, 0.15) is 41.3 Å². The summed E-state index contributed by atoms with van der Waals surface area (Å²) in [6.45, 7) is 4.60. The van der Waals surface area contributed by atoms with E-state index >= 15 is 0 Å². The molecule has 0 aliphatic rings. The van der Waals surface area contributed by atoms with E-state index < -0.39 is 5.97 Å². The Morgan fingerprint density at radius 2 is 1.90 bits per heavy atom. The average Bonchev–Trinajstić information content (AvgIpc) is 2.45.